The van der Waals surface area contributed by atoms with Gasteiger partial charge in [-0.1, -0.05) is 11.6 Å². The first-order valence-corrected chi connectivity index (χ1v) is 10.2. The number of nitro benzene ring substituents is 1. The maximum Gasteiger partial charge on any atom is 0.294 e. The topological polar surface area (TPSA) is 78.7 Å². The predicted molar refractivity (Wildman–Crippen MR) is 116 cm³/mol. The lowest BCUT2D eigenvalue weighted by molar-refractivity contribution is -0.384. The van der Waals surface area contributed by atoms with Crippen LogP contribution in [0, 0.1) is 10.1 Å². The number of fused-ring (bicyclic) bond motifs is 1. The molecule has 0 bridgehead atoms. The fourth-order valence-corrected chi connectivity index (χ4v) is 4.28. The first-order valence-electron chi connectivity index (χ1n) is 9.83. The van der Waals surface area contributed by atoms with Crippen LogP contribution in [0.25, 0.3) is 0 Å². The summed E-state index contributed by atoms with van der Waals surface area (Å²) in [6.45, 7) is 1.61. The third-order valence-electron chi connectivity index (χ3n) is 5.66. The highest BCUT2D eigenvalue weighted by molar-refractivity contribution is 6.33. The third-order valence-corrected chi connectivity index (χ3v) is 5.97. The van der Waals surface area contributed by atoms with Crippen LogP contribution in [0.3, 0.4) is 0 Å². The van der Waals surface area contributed by atoms with Gasteiger partial charge in [0, 0.05) is 44.0 Å². The SMILES string of the molecule is CN1C(=O)CCc2cc(Nc3cc(N4CCCCC4)c([N+](=O)[O-])cc3Cl)ccc21. The van der Waals surface area contributed by atoms with Gasteiger partial charge in [-0.15, -0.1) is 0 Å². The third kappa shape index (κ3) is 3.87. The van der Waals surface area contributed by atoms with Gasteiger partial charge in [0.1, 0.15) is 5.69 Å². The molecule has 2 aliphatic rings. The molecule has 7 nitrogen and oxygen atoms in total. The molecule has 2 aromatic rings. The summed E-state index contributed by atoms with van der Waals surface area (Å²) < 4.78 is 0. The van der Waals surface area contributed by atoms with Crippen molar-refractivity contribution in [2.75, 3.05) is 35.3 Å². The Labute approximate surface area is 174 Å². The fraction of sp³-hybridized carbons (Fsp3) is 0.381. The molecule has 29 heavy (non-hydrogen) atoms. The lowest BCUT2D eigenvalue weighted by Gasteiger charge is -2.29. The van der Waals surface area contributed by atoms with Gasteiger partial charge in [-0.2, -0.15) is 0 Å². The normalized spacial score (nSPS) is 16.6. The average Bonchev–Trinajstić information content (AvgIpc) is 2.72. The molecule has 8 heteroatoms. The van der Waals surface area contributed by atoms with E-state index < -0.39 is 0 Å². The van der Waals surface area contributed by atoms with E-state index in [4.69, 9.17) is 11.6 Å². The molecule has 2 heterocycles. The van der Waals surface area contributed by atoms with E-state index in [1.807, 2.05) is 18.2 Å². The van der Waals surface area contributed by atoms with Gasteiger partial charge in [-0.25, -0.2) is 0 Å². The lowest BCUT2D eigenvalue weighted by Crippen LogP contribution is -2.31. The summed E-state index contributed by atoms with van der Waals surface area (Å²) in [5.41, 5.74) is 4.12. The Balaban J connectivity index is 1.66. The van der Waals surface area contributed by atoms with E-state index >= 15 is 0 Å². The van der Waals surface area contributed by atoms with Gasteiger partial charge in [0.2, 0.25) is 5.91 Å². The number of amides is 1. The molecule has 0 spiro atoms. The first-order chi connectivity index (χ1) is 13.9. The lowest BCUT2D eigenvalue weighted by atomic mass is 10.0. The number of nitrogens with zero attached hydrogens (tertiary/aromatic N) is 3. The molecule has 1 N–H and O–H groups in total. The number of nitro groups is 1. The smallest absolute Gasteiger partial charge is 0.294 e. The van der Waals surface area contributed by atoms with Crippen LogP contribution < -0.4 is 15.1 Å². The van der Waals surface area contributed by atoms with Gasteiger partial charge in [0.05, 0.1) is 15.6 Å². The van der Waals surface area contributed by atoms with Crippen molar-refractivity contribution in [1.82, 2.24) is 0 Å². The number of anilines is 4. The summed E-state index contributed by atoms with van der Waals surface area (Å²) in [7, 11) is 1.78. The van der Waals surface area contributed by atoms with Crippen molar-refractivity contribution < 1.29 is 9.72 Å². The summed E-state index contributed by atoms with van der Waals surface area (Å²) in [4.78, 5) is 26.8. The van der Waals surface area contributed by atoms with E-state index in [0.29, 0.717) is 29.2 Å². The number of rotatable bonds is 4. The molecular weight excluding hydrogens is 392 g/mol. The van der Waals surface area contributed by atoms with E-state index in [2.05, 4.69) is 10.2 Å². The van der Waals surface area contributed by atoms with Crippen molar-refractivity contribution in [3.8, 4) is 0 Å². The molecule has 4 rings (SSSR count). The number of hydrogen-bond donors (Lipinski definition) is 1. The summed E-state index contributed by atoms with van der Waals surface area (Å²) in [6, 6.07) is 9.03. The largest absolute Gasteiger partial charge is 0.366 e. The van der Waals surface area contributed by atoms with Crippen molar-refractivity contribution in [2.45, 2.75) is 32.1 Å². The molecule has 0 atom stereocenters. The number of piperidine rings is 1. The average molecular weight is 415 g/mol. The van der Waals surface area contributed by atoms with E-state index in [9.17, 15) is 14.9 Å². The summed E-state index contributed by atoms with van der Waals surface area (Å²) in [5, 5.41) is 15.2. The molecule has 2 aliphatic heterocycles. The zero-order valence-corrected chi connectivity index (χ0v) is 17.0. The van der Waals surface area contributed by atoms with Crippen LogP contribution >= 0.6 is 11.6 Å². The van der Waals surface area contributed by atoms with Gasteiger partial charge in [-0.05, 0) is 55.5 Å². The van der Waals surface area contributed by atoms with Gasteiger partial charge in [0.15, 0.2) is 0 Å². The highest BCUT2D eigenvalue weighted by Crippen LogP contribution is 2.39. The molecule has 2 aromatic carbocycles. The van der Waals surface area contributed by atoms with E-state index in [1.165, 1.54) is 6.07 Å². The molecule has 1 amide bonds. The maximum atomic E-state index is 11.9. The van der Waals surface area contributed by atoms with Crippen molar-refractivity contribution in [2.24, 2.45) is 0 Å². The Bertz CT molecular complexity index is 973. The molecular formula is C21H23ClN4O3. The van der Waals surface area contributed by atoms with Crippen LogP contribution in [0.2, 0.25) is 5.02 Å². The van der Waals surface area contributed by atoms with Gasteiger partial charge < -0.3 is 15.1 Å². The minimum absolute atomic E-state index is 0.0352. The van der Waals surface area contributed by atoms with Crippen molar-refractivity contribution in [3.63, 3.8) is 0 Å². The van der Waals surface area contributed by atoms with Crippen molar-refractivity contribution >= 4 is 45.9 Å². The number of nitrogens with one attached hydrogen (secondary N) is 1. The molecule has 1 saturated heterocycles. The minimum atomic E-state index is -0.370. The zero-order chi connectivity index (χ0) is 20.5. The van der Waals surface area contributed by atoms with Gasteiger partial charge >= 0.3 is 0 Å². The van der Waals surface area contributed by atoms with Gasteiger partial charge in [-0.3, -0.25) is 14.9 Å². The standard InChI is InChI=1S/C21H23ClN4O3/c1-24-18-7-6-15(11-14(18)5-8-21(24)27)23-17-13-19(25-9-3-2-4-10-25)20(26(28)29)12-16(17)22/h6-7,11-13,23H,2-5,8-10H2,1H3. The molecule has 0 radical (unpaired) electrons. The Morgan fingerprint density at radius 1 is 1.07 bits per heavy atom. The Morgan fingerprint density at radius 2 is 1.83 bits per heavy atom. The van der Waals surface area contributed by atoms with Crippen molar-refractivity contribution in [1.29, 1.82) is 0 Å². The molecule has 152 valence electrons. The summed E-state index contributed by atoms with van der Waals surface area (Å²) in [6.07, 6.45) is 4.39. The van der Waals surface area contributed by atoms with Crippen LogP contribution in [0.1, 0.15) is 31.2 Å². The fourth-order valence-electron chi connectivity index (χ4n) is 4.07. The van der Waals surface area contributed by atoms with Crippen LogP contribution in [-0.4, -0.2) is 31.0 Å². The van der Waals surface area contributed by atoms with Crippen LogP contribution in [-0.2, 0) is 11.2 Å². The number of hydrogen-bond acceptors (Lipinski definition) is 5. The molecule has 0 aliphatic carbocycles. The van der Waals surface area contributed by atoms with E-state index in [1.54, 1.807) is 18.0 Å². The number of carbonyl (C=O) groups excluding carboxylic acids is 1. The maximum absolute atomic E-state index is 11.9. The Kier molecular flexibility index (Phi) is 5.32. The second kappa shape index (κ2) is 7.91. The number of benzene rings is 2. The van der Waals surface area contributed by atoms with E-state index in [0.717, 1.165) is 49.3 Å². The number of halogens is 1. The highest BCUT2D eigenvalue weighted by Gasteiger charge is 2.24. The first kappa shape index (κ1) is 19.5. The molecule has 0 saturated carbocycles. The van der Waals surface area contributed by atoms with Crippen molar-refractivity contribution in [3.05, 3.63) is 51.0 Å². The zero-order valence-electron chi connectivity index (χ0n) is 16.3. The molecule has 1 fully saturated rings. The van der Waals surface area contributed by atoms with E-state index in [-0.39, 0.29) is 16.5 Å². The number of aryl methyl sites for hydroxylation is 1. The summed E-state index contributed by atoms with van der Waals surface area (Å²) in [5.74, 6) is 0.114. The monoisotopic (exact) mass is 414 g/mol. The van der Waals surface area contributed by atoms with Gasteiger partial charge in [0.25, 0.3) is 5.69 Å². The quantitative estimate of drug-likeness (QED) is 0.569. The Hall–Kier alpha value is -2.80. The van der Waals surface area contributed by atoms with Crippen LogP contribution in [0.5, 0.6) is 0 Å². The number of carbonyl (C=O) groups is 1. The second-order valence-electron chi connectivity index (χ2n) is 7.55. The highest BCUT2D eigenvalue weighted by atomic mass is 35.5. The summed E-state index contributed by atoms with van der Waals surface area (Å²) >= 11 is 6.38. The van der Waals surface area contributed by atoms with Crippen LogP contribution in [0.15, 0.2) is 30.3 Å². The minimum Gasteiger partial charge on any atom is -0.366 e. The molecule has 0 aromatic heterocycles. The predicted octanol–water partition coefficient (Wildman–Crippen LogP) is 4.89. The van der Waals surface area contributed by atoms with Crippen LogP contribution in [0.4, 0.5) is 28.4 Å². The Morgan fingerprint density at radius 3 is 2.55 bits per heavy atom. The molecule has 0 unspecified atom stereocenters. The second-order valence-corrected chi connectivity index (χ2v) is 7.95.